The van der Waals surface area contributed by atoms with E-state index in [1.165, 1.54) is 0 Å². The Kier molecular flexibility index (Phi) is 4.09. The largest absolute Gasteiger partial charge is 0.460 e. The van der Waals surface area contributed by atoms with E-state index in [-0.39, 0.29) is 6.92 Å². The molecule has 0 aliphatic heterocycles. The van der Waals surface area contributed by atoms with Crippen LogP contribution in [0, 0.1) is 0 Å². The summed E-state index contributed by atoms with van der Waals surface area (Å²) in [6.45, 7) is 2.37. The Morgan fingerprint density at radius 1 is 0.947 bits per heavy atom. The van der Waals surface area contributed by atoms with E-state index in [1.54, 1.807) is 0 Å². The zero-order chi connectivity index (χ0) is 16.1. The van der Waals surface area contributed by atoms with Crippen LogP contribution < -0.4 is 0 Å². The van der Waals surface area contributed by atoms with E-state index in [1.807, 2.05) is 0 Å². The van der Waals surface area contributed by atoms with E-state index in [0.29, 0.717) is 0 Å². The van der Waals surface area contributed by atoms with Gasteiger partial charge in [0.15, 0.2) is 0 Å². The van der Waals surface area contributed by atoms with Crippen LogP contribution in [-0.4, -0.2) is 36.0 Å². The van der Waals surface area contributed by atoms with Gasteiger partial charge in [-0.25, -0.2) is 4.39 Å². The lowest BCUT2D eigenvalue weighted by molar-refractivity contribution is -0.367. The molecule has 0 radical (unpaired) electrons. The number of alkyl halides is 8. The molecule has 1 atom stereocenters. The van der Waals surface area contributed by atoms with Crippen molar-refractivity contribution in [1.82, 2.24) is 0 Å². The van der Waals surface area contributed by atoms with Crippen molar-refractivity contribution in [1.29, 1.82) is 0 Å². The van der Waals surface area contributed by atoms with Crippen molar-refractivity contribution >= 4 is 10.1 Å². The Morgan fingerprint density at radius 2 is 1.26 bits per heavy atom. The smallest absolute Gasteiger partial charge is 0.283 e. The first kappa shape index (κ1) is 18.1. The zero-order valence-corrected chi connectivity index (χ0v) is 9.72. The highest BCUT2D eigenvalue weighted by Crippen LogP contribution is 2.55. The Hall–Kier alpha value is -0.910. The van der Waals surface area contributed by atoms with E-state index < -0.39 is 38.7 Å². The maximum atomic E-state index is 13.6. The van der Waals surface area contributed by atoms with Crippen molar-refractivity contribution in [2.75, 3.05) is 0 Å². The van der Waals surface area contributed by atoms with Gasteiger partial charge in [-0.15, -0.1) is 0 Å². The van der Waals surface area contributed by atoms with E-state index in [4.69, 9.17) is 4.55 Å². The molecule has 19 heavy (non-hydrogen) atoms. The Bertz CT molecular complexity index is 479. The molecular formula is C7H6F8O3S. The Labute approximate surface area is 101 Å². The minimum atomic E-state index is -7.05. The summed E-state index contributed by atoms with van der Waals surface area (Å²) in [4.78, 5) is 0. The van der Waals surface area contributed by atoms with Gasteiger partial charge in [0.25, 0.3) is 0 Å². The first-order valence-electron chi connectivity index (χ1n) is 4.09. The molecule has 0 heterocycles. The van der Waals surface area contributed by atoms with Crippen LogP contribution in [0.1, 0.15) is 6.92 Å². The van der Waals surface area contributed by atoms with Gasteiger partial charge in [-0.2, -0.15) is 39.2 Å². The number of rotatable bonds is 4. The van der Waals surface area contributed by atoms with Gasteiger partial charge in [-0.05, 0) is 12.5 Å². The summed E-state index contributed by atoms with van der Waals surface area (Å²) in [5, 5.41) is -5.70. The van der Waals surface area contributed by atoms with Crippen LogP contribution in [0.2, 0.25) is 0 Å². The number of hydrogen-bond acceptors (Lipinski definition) is 2. The maximum Gasteiger partial charge on any atom is 0.460 e. The van der Waals surface area contributed by atoms with Crippen molar-refractivity contribution in [3.05, 3.63) is 12.2 Å². The molecule has 0 bridgehead atoms. The van der Waals surface area contributed by atoms with Gasteiger partial charge in [0.1, 0.15) is 0 Å². The molecule has 0 saturated heterocycles. The molecule has 12 heteroatoms. The summed E-state index contributed by atoms with van der Waals surface area (Å²) in [6.07, 6.45) is -6.95. The van der Waals surface area contributed by atoms with Gasteiger partial charge in [0, 0.05) is 0 Å². The number of halogens is 8. The second kappa shape index (κ2) is 4.30. The molecule has 1 N–H and O–H groups in total. The van der Waals surface area contributed by atoms with Crippen LogP contribution in [0.3, 0.4) is 0 Å². The zero-order valence-electron chi connectivity index (χ0n) is 8.90. The summed E-state index contributed by atoms with van der Waals surface area (Å²) in [7, 11) is -6.66. The minimum Gasteiger partial charge on any atom is -0.283 e. The third kappa shape index (κ3) is 2.30. The van der Waals surface area contributed by atoms with Crippen LogP contribution >= 0.6 is 0 Å². The van der Waals surface area contributed by atoms with Crippen molar-refractivity contribution in [3.63, 3.8) is 0 Å². The molecule has 0 rings (SSSR count). The molecule has 0 spiro atoms. The minimum absolute atomic E-state index is 0.105. The van der Waals surface area contributed by atoms with E-state index in [0.717, 1.165) is 0 Å². The topological polar surface area (TPSA) is 54.4 Å². The monoisotopic (exact) mass is 322 g/mol. The fourth-order valence-corrected chi connectivity index (χ4v) is 1.92. The van der Waals surface area contributed by atoms with Gasteiger partial charge in [-0.3, -0.25) is 4.55 Å². The van der Waals surface area contributed by atoms with Gasteiger partial charge in [0.05, 0.1) is 0 Å². The highest BCUT2D eigenvalue weighted by atomic mass is 32.2. The molecular weight excluding hydrogens is 316 g/mol. The Morgan fingerprint density at radius 3 is 1.42 bits per heavy atom. The molecule has 0 fully saturated rings. The summed E-state index contributed by atoms with van der Waals surface area (Å²) < 4.78 is 129. The van der Waals surface area contributed by atoms with Crippen LogP contribution in [0.25, 0.3) is 0 Å². The van der Waals surface area contributed by atoms with Crippen LogP contribution in [0.4, 0.5) is 35.1 Å². The van der Waals surface area contributed by atoms with E-state index >= 15 is 0 Å². The van der Waals surface area contributed by atoms with Gasteiger partial charge < -0.3 is 0 Å². The molecule has 0 saturated carbocycles. The van der Waals surface area contributed by atoms with Gasteiger partial charge in [-0.1, -0.05) is 6.58 Å². The van der Waals surface area contributed by atoms with Crippen molar-refractivity contribution in [2.24, 2.45) is 0 Å². The fourth-order valence-electron chi connectivity index (χ4n) is 1.03. The van der Waals surface area contributed by atoms with Crippen molar-refractivity contribution < 1.29 is 48.1 Å². The molecule has 0 aromatic rings. The molecule has 0 amide bonds. The highest BCUT2D eigenvalue weighted by Gasteiger charge is 2.84. The predicted molar refractivity (Wildman–Crippen MR) is 46.2 cm³/mol. The van der Waals surface area contributed by atoms with E-state index in [2.05, 4.69) is 6.58 Å². The van der Waals surface area contributed by atoms with Gasteiger partial charge >= 0.3 is 33.1 Å². The van der Waals surface area contributed by atoms with Crippen LogP contribution in [0.5, 0.6) is 0 Å². The maximum absolute atomic E-state index is 13.6. The molecule has 0 aliphatic rings. The quantitative estimate of drug-likeness (QED) is 0.492. The number of hydrogen-bond donors (Lipinski definition) is 1. The second-order valence-electron chi connectivity index (χ2n) is 3.50. The first-order chi connectivity index (χ1) is 7.94. The lowest BCUT2D eigenvalue weighted by Crippen LogP contribution is -2.65. The standard InChI is InChI=1S/C7H6F8O3S/c1-3(2)4(8,19(16,17)18)5(9,10)6(11,12)7(13,14)15/h1H2,2H3,(H,16,17,18). The molecule has 0 aromatic heterocycles. The first-order valence-corrected chi connectivity index (χ1v) is 5.53. The molecule has 0 aromatic carbocycles. The SMILES string of the molecule is C=C(C)C(F)(C(F)(F)C(F)(F)C(F)(F)F)S(=O)(=O)O. The van der Waals surface area contributed by atoms with Crippen molar-refractivity contribution in [3.8, 4) is 0 Å². The molecule has 1 unspecified atom stereocenters. The average Bonchev–Trinajstić information content (AvgIpc) is 2.11. The lowest BCUT2D eigenvalue weighted by atomic mass is 10.0. The van der Waals surface area contributed by atoms with Crippen LogP contribution in [0.15, 0.2) is 12.2 Å². The Balaban J connectivity index is 6.38. The normalized spacial score (nSPS) is 18.0. The fraction of sp³-hybridized carbons (Fsp3) is 0.714. The predicted octanol–water partition coefficient (Wildman–Crippen LogP) is 2.95. The summed E-state index contributed by atoms with van der Waals surface area (Å²) in [5.74, 6) is -13.9. The lowest BCUT2D eigenvalue weighted by Gasteiger charge is -2.36. The van der Waals surface area contributed by atoms with Gasteiger partial charge in [0.2, 0.25) is 0 Å². The second-order valence-corrected chi connectivity index (χ2v) is 5.01. The molecule has 0 aliphatic carbocycles. The molecule has 114 valence electrons. The summed E-state index contributed by atoms with van der Waals surface area (Å²) in [5.41, 5.74) is -1.94. The van der Waals surface area contributed by atoms with Crippen LogP contribution in [-0.2, 0) is 10.1 Å². The average molecular weight is 322 g/mol. The molecule has 3 nitrogen and oxygen atoms in total. The van der Waals surface area contributed by atoms with Crippen molar-refractivity contribution in [2.45, 2.75) is 29.9 Å². The van der Waals surface area contributed by atoms with E-state index in [9.17, 15) is 43.5 Å². The summed E-state index contributed by atoms with van der Waals surface area (Å²) >= 11 is 0. The third-order valence-electron chi connectivity index (χ3n) is 2.06. The third-order valence-corrected chi connectivity index (χ3v) is 3.37. The summed E-state index contributed by atoms with van der Waals surface area (Å²) in [6, 6.07) is 0. The highest BCUT2D eigenvalue weighted by molar-refractivity contribution is 7.87.